The monoisotopic (exact) mass is 235 g/mol. The third-order valence-electron chi connectivity index (χ3n) is 2.43. The first-order valence-corrected chi connectivity index (χ1v) is 6.15. The van der Waals surface area contributed by atoms with Crippen LogP contribution in [0.25, 0.3) is 0 Å². The number of hydrogen-bond donors (Lipinski definition) is 2. The first kappa shape index (κ1) is 13.5. The van der Waals surface area contributed by atoms with Gasteiger partial charge in [0.15, 0.2) is 0 Å². The van der Waals surface area contributed by atoms with Crippen molar-refractivity contribution < 1.29 is 4.79 Å². The maximum Gasteiger partial charge on any atom is 0.219 e. The van der Waals surface area contributed by atoms with Crippen molar-refractivity contribution in [1.82, 2.24) is 10.3 Å². The van der Waals surface area contributed by atoms with E-state index < -0.39 is 0 Å². The van der Waals surface area contributed by atoms with E-state index >= 15 is 0 Å². The number of aromatic nitrogens is 1. The summed E-state index contributed by atoms with van der Waals surface area (Å²) >= 11 is 0. The molecule has 0 bridgehead atoms. The molecule has 0 radical (unpaired) electrons. The van der Waals surface area contributed by atoms with Crippen molar-refractivity contribution in [2.75, 3.05) is 18.4 Å². The van der Waals surface area contributed by atoms with Crippen molar-refractivity contribution in [3.05, 3.63) is 23.9 Å². The lowest BCUT2D eigenvalue weighted by atomic mass is 10.2. The highest BCUT2D eigenvalue weighted by Crippen LogP contribution is 2.05. The molecule has 4 nitrogen and oxygen atoms in total. The van der Waals surface area contributed by atoms with Gasteiger partial charge in [0.05, 0.1) is 0 Å². The van der Waals surface area contributed by atoms with E-state index in [4.69, 9.17) is 0 Å². The molecule has 0 fully saturated rings. The lowest BCUT2D eigenvalue weighted by molar-refractivity contribution is -0.121. The van der Waals surface area contributed by atoms with Crippen molar-refractivity contribution in [1.29, 1.82) is 0 Å². The summed E-state index contributed by atoms with van der Waals surface area (Å²) in [5, 5.41) is 6.04. The zero-order valence-electron chi connectivity index (χ0n) is 10.6. The first-order valence-electron chi connectivity index (χ1n) is 6.15. The molecular formula is C13H21N3O. The van der Waals surface area contributed by atoms with Crippen molar-refractivity contribution in [3.63, 3.8) is 0 Å². The Morgan fingerprint density at radius 3 is 2.94 bits per heavy atom. The number of carbonyl (C=O) groups is 1. The van der Waals surface area contributed by atoms with E-state index in [1.165, 1.54) is 5.56 Å². The summed E-state index contributed by atoms with van der Waals surface area (Å²) < 4.78 is 0. The molecule has 0 saturated heterocycles. The normalized spacial score (nSPS) is 10.0. The minimum atomic E-state index is 0.140. The van der Waals surface area contributed by atoms with Gasteiger partial charge in [-0.15, -0.1) is 0 Å². The van der Waals surface area contributed by atoms with Gasteiger partial charge < -0.3 is 10.6 Å². The SMILES string of the molecule is CCNC(=O)CCCCNc1cc(C)ccn1. The number of rotatable bonds is 7. The zero-order chi connectivity index (χ0) is 12.5. The van der Waals surface area contributed by atoms with Gasteiger partial charge in [0, 0.05) is 25.7 Å². The van der Waals surface area contributed by atoms with E-state index in [0.717, 1.165) is 25.2 Å². The predicted molar refractivity (Wildman–Crippen MR) is 70.0 cm³/mol. The molecule has 1 amide bonds. The van der Waals surface area contributed by atoms with Gasteiger partial charge in [0.1, 0.15) is 5.82 Å². The largest absolute Gasteiger partial charge is 0.370 e. The molecule has 0 atom stereocenters. The molecule has 0 aromatic carbocycles. The number of amides is 1. The number of anilines is 1. The van der Waals surface area contributed by atoms with Crippen LogP contribution in [0, 0.1) is 6.92 Å². The number of nitrogens with one attached hydrogen (secondary N) is 2. The maximum atomic E-state index is 11.2. The van der Waals surface area contributed by atoms with Crippen LogP contribution in [-0.4, -0.2) is 24.0 Å². The van der Waals surface area contributed by atoms with Gasteiger partial charge in [-0.2, -0.15) is 0 Å². The van der Waals surface area contributed by atoms with Crippen LogP contribution in [0.15, 0.2) is 18.3 Å². The summed E-state index contributed by atoms with van der Waals surface area (Å²) in [6.07, 6.45) is 4.29. The lowest BCUT2D eigenvalue weighted by Gasteiger charge is -2.06. The summed E-state index contributed by atoms with van der Waals surface area (Å²) in [6, 6.07) is 3.99. The highest BCUT2D eigenvalue weighted by molar-refractivity contribution is 5.75. The molecule has 94 valence electrons. The van der Waals surface area contributed by atoms with E-state index in [2.05, 4.69) is 15.6 Å². The topological polar surface area (TPSA) is 54.0 Å². The summed E-state index contributed by atoms with van der Waals surface area (Å²) in [4.78, 5) is 15.4. The second-order valence-electron chi connectivity index (χ2n) is 4.06. The van der Waals surface area contributed by atoms with Gasteiger partial charge >= 0.3 is 0 Å². The van der Waals surface area contributed by atoms with Crippen LogP contribution in [0.5, 0.6) is 0 Å². The third kappa shape index (κ3) is 5.90. The van der Waals surface area contributed by atoms with Crippen LogP contribution in [0.3, 0.4) is 0 Å². The van der Waals surface area contributed by atoms with Crippen LogP contribution in [0.4, 0.5) is 5.82 Å². The van der Waals surface area contributed by atoms with E-state index in [1.54, 1.807) is 6.20 Å². The van der Waals surface area contributed by atoms with Crippen LogP contribution < -0.4 is 10.6 Å². The minimum Gasteiger partial charge on any atom is -0.370 e. The second-order valence-corrected chi connectivity index (χ2v) is 4.06. The van der Waals surface area contributed by atoms with E-state index in [1.807, 2.05) is 26.0 Å². The molecule has 0 saturated carbocycles. The average Bonchev–Trinajstić information content (AvgIpc) is 2.29. The molecule has 0 aliphatic rings. The van der Waals surface area contributed by atoms with Gasteiger partial charge in [-0.3, -0.25) is 4.79 Å². The molecule has 0 unspecified atom stereocenters. The van der Waals surface area contributed by atoms with Crippen LogP contribution >= 0.6 is 0 Å². The summed E-state index contributed by atoms with van der Waals surface area (Å²) in [5.74, 6) is 1.05. The number of pyridine rings is 1. The number of carbonyl (C=O) groups excluding carboxylic acids is 1. The van der Waals surface area contributed by atoms with Gasteiger partial charge in [0.25, 0.3) is 0 Å². The van der Waals surface area contributed by atoms with Gasteiger partial charge in [0.2, 0.25) is 5.91 Å². The maximum absolute atomic E-state index is 11.2. The van der Waals surface area contributed by atoms with Crippen LogP contribution in [0.2, 0.25) is 0 Å². The van der Waals surface area contributed by atoms with E-state index in [9.17, 15) is 4.79 Å². The van der Waals surface area contributed by atoms with Crippen LogP contribution in [-0.2, 0) is 4.79 Å². The quantitative estimate of drug-likeness (QED) is 0.712. The molecule has 0 aliphatic carbocycles. The minimum absolute atomic E-state index is 0.140. The van der Waals surface area contributed by atoms with Crippen LogP contribution in [0.1, 0.15) is 31.7 Å². The van der Waals surface area contributed by atoms with Crippen molar-refractivity contribution in [3.8, 4) is 0 Å². The fourth-order valence-corrected chi connectivity index (χ4v) is 1.55. The Balaban J connectivity index is 2.10. The van der Waals surface area contributed by atoms with E-state index in [-0.39, 0.29) is 5.91 Å². The highest BCUT2D eigenvalue weighted by atomic mass is 16.1. The highest BCUT2D eigenvalue weighted by Gasteiger charge is 1.98. The Labute approximate surface area is 103 Å². The molecule has 1 aromatic heterocycles. The Kier molecular flexibility index (Phi) is 6.07. The molecule has 17 heavy (non-hydrogen) atoms. The molecule has 1 heterocycles. The predicted octanol–water partition coefficient (Wildman–Crippen LogP) is 2.11. The number of hydrogen-bond acceptors (Lipinski definition) is 3. The van der Waals surface area contributed by atoms with Gasteiger partial charge in [-0.1, -0.05) is 0 Å². The smallest absolute Gasteiger partial charge is 0.219 e. The standard InChI is InChI=1S/C13H21N3O/c1-3-14-13(17)6-4-5-8-15-12-10-11(2)7-9-16-12/h7,9-10H,3-6,8H2,1-2H3,(H,14,17)(H,15,16). The van der Waals surface area contributed by atoms with Gasteiger partial charge in [-0.25, -0.2) is 4.98 Å². The summed E-state index contributed by atoms with van der Waals surface area (Å²) in [7, 11) is 0. The lowest BCUT2D eigenvalue weighted by Crippen LogP contribution is -2.22. The number of aryl methyl sites for hydroxylation is 1. The molecule has 2 N–H and O–H groups in total. The average molecular weight is 235 g/mol. The van der Waals surface area contributed by atoms with Crippen molar-refractivity contribution in [2.45, 2.75) is 33.1 Å². The molecule has 1 rings (SSSR count). The zero-order valence-corrected chi connectivity index (χ0v) is 10.6. The summed E-state index contributed by atoms with van der Waals surface area (Å²) in [6.45, 7) is 5.55. The number of unbranched alkanes of at least 4 members (excludes halogenated alkanes) is 1. The molecular weight excluding hydrogens is 214 g/mol. The molecule has 1 aromatic rings. The number of nitrogens with zero attached hydrogens (tertiary/aromatic N) is 1. The Hall–Kier alpha value is -1.58. The Morgan fingerprint density at radius 1 is 1.41 bits per heavy atom. The Bertz CT molecular complexity index is 352. The fourth-order valence-electron chi connectivity index (χ4n) is 1.55. The molecule has 0 aliphatic heterocycles. The van der Waals surface area contributed by atoms with Gasteiger partial charge in [-0.05, 0) is 44.4 Å². The van der Waals surface area contributed by atoms with E-state index in [0.29, 0.717) is 13.0 Å². The third-order valence-corrected chi connectivity index (χ3v) is 2.43. The second kappa shape index (κ2) is 7.65. The summed E-state index contributed by atoms with van der Waals surface area (Å²) in [5.41, 5.74) is 1.20. The Morgan fingerprint density at radius 2 is 2.24 bits per heavy atom. The molecule has 4 heteroatoms. The van der Waals surface area contributed by atoms with Crippen molar-refractivity contribution in [2.24, 2.45) is 0 Å². The first-order chi connectivity index (χ1) is 8.22. The fraction of sp³-hybridized carbons (Fsp3) is 0.538. The molecule has 0 spiro atoms. The van der Waals surface area contributed by atoms with Crippen molar-refractivity contribution >= 4 is 11.7 Å².